The van der Waals surface area contributed by atoms with Crippen molar-refractivity contribution in [2.45, 2.75) is 0 Å². The van der Waals surface area contributed by atoms with E-state index in [4.69, 9.17) is 4.42 Å². The Hall–Kier alpha value is -4.52. The minimum Gasteiger partial charge on any atom is -0.403 e. The monoisotopic (exact) mass is 414 g/mol. The predicted octanol–water partition coefficient (Wildman–Crippen LogP) is 3.81. The van der Waals surface area contributed by atoms with Crippen molar-refractivity contribution in [1.29, 1.82) is 5.26 Å². The number of H-pyrrole nitrogens is 1. The summed E-state index contributed by atoms with van der Waals surface area (Å²) in [5, 5.41) is 22.3. The van der Waals surface area contributed by atoms with E-state index in [0.717, 1.165) is 16.5 Å². The van der Waals surface area contributed by atoms with Crippen molar-refractivity contribution in [2.24, 2.45) is 7.05 Å². The number of anilines is 2. The Labute approximate surface area is 175 Å². The molecular formula is C21H15FN8O. The highest BCUT2D eigenvalue weighted by molar-refractivity contribution is 5.93. The molecule has 9 nitrogen and oxygen atoms in total. The Morgan fingerprint density at radius 2 is 2.10 bits per heavy atom. The Morgan fingerprint density at radius 3 is 2.87 bits per heavy atom. The van der Waals surface area contributed by atoms with Gasteiger partial charge in [-0.2, -0.15) is 10.4 Å². The molecule has 0 saturated heterocycles. The maximum Gasteiger partial charge on any atom is 0.324 e. The molecule has 4 heterocycles. The van der Waals surface area contributed by atoms with E-state index in [0.29, 0.717) is 11.2 Å². The van der Waals surface area contributed by atoms with Gasteiger partial charge in [-0.3, -0.25) is 9.58 Å². The summed E-state index contributed by atoms with van der Waals surface area (Å²) in [7, 11) is 1.85. The molecule has 10 heteroatoms. The molecule has 1 N–H and O–H groups in total. The van der Waals surface area contributed by atoms with E-state index in [-0.39, 0.29) is 24.1 Å². The Balaban J connectivity index is 1.56. The summed E-state index contributed by atoms with van der Waals surface area (Å²) < 4.78 is 21.8. The highest BCUT2D eigenvalue weighted by Crippen LogP contribution is 2.33. The summed E-state index contributed by atoms with van der Waals surface area (Å²) in [5.74, 6) is -0.263. The molecule has 0 saturated carbocycles. The van der Waals surface area contributed by atoms with Crippen molar-refractivity contribution in [3.63, 3.8) is 0 Å². The molecule has 0 unspecified atom stereocenters. The van der Waals surface area contributed by atoms with Gasteiger partial charge >= 0.3 is 6.01 Å². The lowest BCUT2D eigenvalue weighted by Gasteiger charge is -2.16. The Morgan fingerprint density at radius 1 is 1.23 bits per heavy atom. The van der Waals surface area contributed by atoms with Crippen LogP contribution in [0.2, 0.25) is 0 Å². The fourth-order valence-electron chi connectivity index (χ4n) is 3.34. The van der Waals surface area contributed by atoms with Crippen LogP contribution in [0.5, 0.6) is 0 Å². The molecule has 0 radical (unpaired) electrons. The molecule has 5 aromatic rings. The summed E-state index contributed by atoms with van der Waals surface area (Å²) in [4.78, 5) is 8.88. The zero-order chi connectivity index (χ0) is 21.4. The molecule has 0 aliphatic heterocycles. The zero-order valence-electron chi connectivity index (χ0n) is 16.3. The van der Waals surface area contributed by atoms with Crippen LogP contribution in [0.25, 0.3) is 33.6 Å². The smallest absolute Gasteiger partial charge is 0.324 e. The normalized spacial score (nSPS) is 11.0. The van der Waals surface area contributed by atoms with E-state index in [2.05, 4.69) is 25.3 Å². The topological polar surface area (TPSA) is 112 Å². The van der Waals surface area contributed by atoms with Gasteiger partial charge in [-0.05, 0) is 18.2 Å². The highest BCUT2D eigenvalue weighted by Gasteiger charge is 2.21. The molecule has 1 aromatic carbocycles. The second kappa shape index (κ2) is 7.38. The van der Waals surface area contributed by atoms with Gasteiger partial charge in [-0.1, -0.05) is 17.2 Å². The van der Waals surface area contributed by atoms with Gasteiger partial charge in [0.05, 0.1) is 23.5 Å². The van der Waals surface area contributed by atoms with Crippen LogP contribution in [-0.2, 0) is 7.05 Å². The van der Waals surface area contributed by atoms with E-state index in [1.807, 2.05) is 25.4 Å². The maximum atomic E-state index is 14.3. The van der Waals surface area contributed by atoms with Gasteiger partial charge in [0.2, 0.25) is 0 Å². The number of hydrogen-bond donors (Lipinski definition) is 1. The number of aromatic nitrogens is 6. The minimum atomic E-state index is -0.491. The largest absolute Gasteiger partial charge is 0.403 e. The van der Waals surface area contributed by atoms with Crippen molar-refractivity contribution in [1.82, 2.24) is 29.9 Å². The number of nitrogens with zero attached hydrogens (tertiary/aromatic N) is 7. The van der Waals surface area contributed by atoms with Gasteiger partial charge < -0.3 is 9.40 Å². The van der Waals surface area contributed by atoms with E-state index in [9.17, 15) is 9.65 Å². The van der Waals surface area contributed by atoms with Crippen molar-refractivity contribution >= 4 is 22.7 Å². The van der Waals surface area contributed by atoms with Crippen LogP contribution in [0.1, 0.15) is 0 Å². The summed E-state index contributed by atoms with van der Waals surface area (Å²) in [6, 6.07) is 10.1. The molecule has 152 valence electrons. The van der Waals surface area contributed by atoms with Crippen LogP contribution in [0, 0.1) is 17.1 Å². The van der Waals surface area contributed by atoms with Crippen molar-refractivity contribution in [3.05, 3.63) is 60.9 Å². The van der Waals surface area contributed by atoms with Gasteiger partial charge in [0.15, 0.2) is 0 Å². The second-order valence-electron chi connectivity index (χ2n) is 6.81. The number of nitrogens with one attached hydrogen (secondary N) is 1. The molecule has 0 atom stereocenters. The first-order chi connectivity index (χ1) is 15.1. The fraction of sp³-hybridized carbons (Fsp3) is 0.0952. The average Bonchev–Trinajstić information content (AvgIpc) is 3.51. The number of rotatable bonds is 5. The number of pyridine rings is 1. The number of aryl methyl sites for hydroxylation is 1. The second-order valence-corrected chi connectivity index (χ2v) is 6.81. The molecule has 0 aliphatic rings. The number of para-hydroxylation sites is 1. The minimum absolute atomic E-state index is 0.0207. The molecule has 4 aromatic heterocycles. The van der Waals surface area contributed by atoms with Crippen molar-refractivity contribution in [2.75, 3.05) is 11.4 Å². The summed E-state index contributed by atoms with van der Waals surface area (Å²) in [6.07, 6.45) is 7.13. The van der Waals surface area contributed by atoms with Crippen LogP contribution in [0.4, 0.5) is 16.1 Å². The number of halogens is 1. The first kappa shape index (κ1) is 18.5. The first-order valence-electron chi connectivity index (χ1n) is 9.33. The SMILES string of the molecule is Cn1cc(-c2cnc3[nH]cc(-c4nnc(N(CC#N)c5ccccc5F)o4)c3c2)cn1. The van der Waals surface area contributed by atoms with E-state index < -0.39 is 5.82 Å². The third kappa shape index (κ3) is 3.28. The van der Waals surface area contributed by atoms with Gasteiger partial charge in [-0.15, -0.1) is 5.10 Å². The fourth-order valence-corrected chi connectivity index (χ4v) is 3.34. The summed E-state index contributed by atoms with van der Waals surface area (Å²) >= 11 is 0. The maximum absolute atomic E-state index is 14.3. The highest BCUT2D eigenvalue weighted by atomic mass is 19.1. The zero-order valence-corrected chi connectivity index (χ0v) is 16.3. The van der Waals surface area contributed by atoms with E-state index in [1.165, 1.54) is 11.0 Å². The number of hydrogen-bond acceptors (Lipinski definition) is 7. The third-order valence-electron chi connectivity index (χ3n) is 4.82. The number of fused-ring (bicyclic) bond motifs is 1. The Kier molecular flexibility index (Phi) is 4.41. The molecule has 5 rings (SSSR count). The molecule has 0 aliphatic carbocycles. The van der Waals surface area contributed by atoms with Crippen LogP contribution in [0.15, 0.2) is 59.5 Å². The molecular weight excluding hydrogens is 399 g/mol. The molecule has 0 fully saturated rings. The number of nitriles is 1. The molecule has 0 amide bonds. The lowest BCUT2D eigenvalue weighted by atomic mass is 10.1. The van der Waals surface area contributed by atoms with Gasteiger partial charge in [0.1, 0.15) is 18.0 Å². The summed E-state index contributed by atoms with van der Waals surface area (Å²) in [5.41, 5.74) is 3.30. The predicted molar refractivity (Wildman–Crippen MR) is 111 cm³/mol. The van der Waals surface area contributed by atoms with Crippen LogP contribution in [0.3, 0.4) is 0 Å². The molecule has 31 heavy (non-hydrogen) atoms. The first-order valence-corrected chi connectivity index (χ1v) is 9.33. The van der Waals surface area contributed by atoms with Crippen molar-refractivity contribution < 1.29 is 8.81 Å². The lowest BCUT2D eigenvalue weighted by Crippen LogP contribution is -2.18. The average molecular weight is 414 g/mol. The van der Waals surface area contributed by atoms with Gasteiger partial charge in [-0.25, -0.2) is 9.37 Å². The Bertz CT molecular complexity index is 1430. The lowest BCUT2D eigenvalue weighted by molar-refractivity contribution is 0.561. The quantitative estimate of drug-likeness (QED) is 0.435. The van der Waals surface area contributed by atoms with Crippen LogP contribution >= 0.6 is 0 Å². The standard InChI is InChI=1S/C21H15FN8O/c1-29-12-14(10-26-29)13-8-15-16(11-25-19(15)24-9-13)20-27-28-21(31-20)30(7-6-23)18-5-3-2-4-17(18)22/h2-5,8-12H,7H2,1H3,(H,24,25). The van der Waals surface area contributed by atoms with Gasteiger partial charge in [0, 0.05) is 42.2 Å². The third-order valence-corrected chi connectivity index (χ3v) is 4.82. The molecule has 0 bridgehead atoms. The van der Waals surface area contributed by atoms with Crippen molar-refractivity contribution in [3.8, 4) is 28.7 Å². The number of aromatic amines is 1. The van der Waals surface area contributed by atoms with E-state index >= 15 is 0 Å². The number of benzene rings is 1. The van der Waals surface area contributed by atoms with Crippen LogP contribution in [-0.4, -0.2) is 36.5 Å². The van der Waals surface area contributed by atoms with Crippen LogP contribution < -0.4 is 4.90 Å². The molecule has 0 spiro atoms. The summed E-state index contributed by atoms with van der Waals surface area (Å²) in [6.45, 7) is -0.150. The van der Waals surface area contributed by atoms with E-state index in [1.54, 1.807) is 41.5 Å². The van der Waals surface area contributed by atoms with Gasteiger partial charge in [0.25, 0.3) is 5.89 Å².